The van der Waals surface area contributed by atoms with Crippen LogP contribution < -0.4 is 10.6 Å². The predicted octanol–water partition coefficient (Wildman–Crippen LogP) is 1.46. The molecule has 1 aromatic carbocycles. The number of carbonyl (C=O) groups is 1. The first-order valence-electron chi connectivity index (χ1n) is 6.83. The second kappa shape index (κ2) is 6.68. The second-order valence-corrected chi connectivity index (χ2v) is 5.28. The molecule has 4 heteroatoms. The number of hydrogen-bond acceptors (Lipinski definition) is 3. The molecule has 0 aromatic heterocycles. The van der Waals surface area contributed by atoms with Crippen molar-refractivity contribution in [3.8, 4) is 0 Å². The van der Waals surface area contributed by atoms with E-state index in [1.165, 1.54) is 0 Å². The molecule has 1 unspecified atom stereocenters. The number of rotatable bonds is 5. The molecule has 0 aliphatic carbocycles. The van der Waals surface area contributed by atoms with Gasteiger partial charge in [0.15, 0.2) is 0 Å². The van der Waals surface area contributed by atoms with Gasteiger partial charge in [-0.15, -0.1) is 0 Å². The minimum absolute atomic E-state index is 0.0596. The monoisotopic (exact) mass is 262 g/mol. The normalized spacial score (nSPS) is 23.0. The fourth-order valence-electron chi connectivity index (χ4n) is 2.24. The molecule has 1 heterocycles. The first kappa shape index (κ1) is 14.0. The highest BCUT2D eigenvalue weighted by Crippen LogP contribution is 2.19. The number of piperidine rings is 1. The molecule has 1 aliphatic rings. The molecule has 1 fully saturated rings. The van der Waals surface area contributed by atoms with E-state index in [4.69, 9.17) is 4.74 Å². The van der Waals surface area contributed by atoms with E-state index < -0.39 is 0 Å². The lowest BCUT2D eigenvalue weighted by Crippen LogP contribution is -2.46. The highest BCUT2D eigenvalue weighted by atomic mass is 16.5. The number of carbonyl (C=O) groups excluding carboxylic acids is 1. The molecule has 19 heavy (non-hydrogen) atoms. The lowest BCUT2D eigenvalue weighted by molar-refractivity contribution is -0.133. The molecule has 1 atom stereocenters. The van der Waals surface area contributed by atoms with E-state index in [-0.39, 0.29) is 18.1 Å². The summed E-state index contributed by atoms with van der Waals surface area (Å²) in [6.07, 6.45) is 2.11. The number of ether oxygens (including phenoxy) is 1. The first-order valence-corrected chi connectivity index (χ1v) is 6.83. The smallest absolute Gasteiger partial charge is 0.246 e. The Morgan fingerprint density at radius 3 is 2.89 bits per heavy atom. The van der Waals surface area contributed by atoms with Gasteiger partial charge >= 0.3 is 0 Å². The summed E-state index contributed by atoms with van der Waals surface area (Å²) < 4.78 is 5.75. The van der Waals surface area contributed by atoms with Crippen molar-refractivity contribution in [3.05, 3.63) is 35.9 Å². The average molecular weight is 262 g/mol. The van der Waals surface area contributed by atoms with Crippen LogP contribution in [0, 0.1) is 0 Å². The number of nitrogens with one attached hydrogen (secondary N) is 2. The van der Waals surface area contributed by atoms with E-state index in [1.807, 2.05) is 30.3 Å². The Labute approximate surface area is 114 Å². The molecule has 0 bridgehead atoms. The standard InChI is InChI=1S/C15H22N2O2/c1-15(8-5-9-16-12-15)19-11-14(18)17-10-13-6-3-2-4-7-13/h2-4,6-7,16H,5,8-12H2,1H3,(H,17,18). The molecule has 0 spiro atoms. The van der Waals surface area contributed by atoms with Gasteiger partial charge in [0.1, 0.15) is 6.61 Å². The molecule has 1 aliphatic heterocycles. The summed E-state index contributed by atoms with van der Waals surface area (Å²) in [7, 11) is 0. The zero-order valence-corrected chi connectivity index (χ0v) is 11.4. The van der Waals surface area contributed by atoms with Crippen molar-refractivity contribution in [3.63, 3.8) is 0 Å². The molecular weight excluding hydrogens is 240 g/mol. The van der Waals surface area contributed by atoms with Crippen LogP contribution in [0.25, 0.3) is 0 Å². The van der Waals surface area contributed by atoms with Crippen LogP contribution >= 0.6 is 0 Å². The van der Waals surface area contributed by atoms with Crippen molar-refractivity contribution < 1.29 is 9.53 Å². The second-order valence-electron chi connectivity index (χ2n) is 5.28. The van der Waals surface area contributed by atoms with Gasteiger partial charge in [-0.1, -0.05) is 30.3 Å². The summed E-state index contributed by atoms with van der Waals surface area (Å²) >= 11 is 0. The Bertz CT molecular complexity index is 400. The van der Waals surface area contributed by atoms with Crippen molar-refractivity contribution in [2.45, 2.75) is 31.9 Å². The molecule has 104 valence electrons. The lowest BCUT2D eigenvalue weighted by Gasteiger charge is -2.33. The van der Waals surface area contributed by atoms with Crippen molar-refractivity contribution in [2.24, 2.45) is 0 Å². The molecule has 0 saturated carbocycles. The topological polar surface area (TPSA) is 50.4 Å². The van der Waals surface area contributed by atoms with Gasteiger partial charge in [-0.05, 0) is 31.9 Å². The van der Waals surface area contributed by atoms with Gasteiger partial charge in [-0.25, -0.2) is 0 Å². The Hall–Kier alpha value is -1.39. The average Bonchev–Trinajstić information content (AvgIpc) is 2.45. The maximum atomic E-state index is 11.7. The SMILES string of the molecule is CC1(OCC(=O)NCc2ccccc2)CCCNC1. The number of benzene rings is 1. The van der Waals surface area contributed by atoms with E-state index in [2.05, 4.69) is 17.6 Å². The Kier molecular flexibility index (Phi) is 4.93. The fourth-order valence-corrected chi connectivity index (χ4v) is 2.24. The fraction of sp³-hybridized carbons (Fsp3) is 0.533. The van der Waals surface area contributed by atoms with Gasteiger partial charge in [0.25, 0.3) is 0 Å². The van der Waals surface area contributed by atoms with Crippen LogP contribution in [0.3, 0.4) is 0 Å². The third-order valence-corrected chi connectivity index (χ3v) is 3.44. The molecule has 4 nitrogen and oxygen atoms in total. The van der Waals surface area contributed by atoms with Gasteiger partial charge in [0.05, 0.1) is 5.60 Å². The summed E-state index contributed by atoms with van der Waals surface area (Å²) in [4.78, 5) is 11.7. The van der Waals surface area contributed by atoms with Gasteiger partial charge in [-0.3, -0.25) is 4.79 Å². The maximum absolute atomic E-state index is 11.7. The molecule has 1 saturated heterocycles. The molecule has 1 amide bonds. The quantitative estimate of drug-likeness (QED) is 0.844. The highest BCUT2D eigenvalue weighted by Gasteiger charge is 2.27. The van der Waals surface area contributed by atoms with Gasteiger partial charge in [0, 0.05) is 13.1 Å². The number of amides is 1. The van der Waals surface area contributed by atoms with E-state index in [0.717, 1.165) is 31.5 Å². The van der Waals surface area contributed by atoms with E-state index in [1.54, 1.807) is 0 Å². The van der Waals surface area contributed by atoms with Crippen molar-refractivity contribution in [1.29, 1.82) is 0 Å². The Morgan fingerprint density at radius 1 is 1.42 bits per heavy atom. The summed E-state index contributed by atoms with van der Waals surface area (Å²) in [6, 6.07) is 9.88. The zero-order chi connectivity index (χ0) is 13.6. The molecule has 0 radical (unpaired) electrons. The van der Waals surface area contributed by atoms with E-state index in [0.29, 0.717) is 6.54 Å². The number of hydrogen-bond donors (Lipinski definition) is 2. The molecule has 1 aromatic rings. The van der Waals surface area contributed by atoms with Crippen LogP contribution in [0.4, 0.5) is 0 Å². The highest BCUT2D eigenvalue weighted by molar-refractivity contribution is 5.77. The summed E-state index contributed by atoms with van der Waals surface area (Å²) in [5.41, 5.74) is 0.892. The van der Waals surface area contributed by atoms with Crippen LogP contribution in [0.5, 0.6) is 0 Å². The zero-order valence-electron chi connectivity index (χ0n) is 11.4. The summed E-state index contributed by atoms with van der Waals surface area (Å²) in [6.45, 7) is 4.60. The van der Waals surface area contributed by atoms with Crippen LogP contribution in [0.2, 0.25) is 0 Å². The van der Waals surface area contributed by atoms with Crippen molar-refractivity contribution in [2.75, 3.05) is 19.7 Å². The van der Waals surface area contributed by atoms with Crippen LogP contribution in [-0.4, -0.2) is 31.2 Å². The Balaban J connectivity index is 1.70. The largest absolute Gasteiger partial charge is 0.364 e. The van der Waals surface area contributed by atoms with Crippen molar-refractivity contribution in [1.82, 2.24) is 10.6 Å². The molecule has 2 rings (SSSR count). The summed E-state index contributed by atoms with van der Waals surface area (Å²) in [5.74, 6) is -0.0596. The minimum Gasteiger partial charge on any atom is -0.364 e. The third kappa shape index (κ3) is 4.65. The van der Waals surface area contributed by atoms with Gasteiger partial charge < -0.3 is 15.4 Å². The predicted molar refractivity (Wildman–Crippen MR) is 74.7 cm³/mol. The van der Waals surface area contributed by atoms with Crippen LogP contribution in [0.1, 0.15) is 25.3 Å². The van der Waals surface area contributed by atoms with E-state index in [9.17, 15) is 4.79 Å². The lowest BCUT2D eigenvalue weighted by atomic mass is 9.96. The van der Waals surface area contributed by atoms with Gasteiger partial charge in [-0.2, -0.15) is 0 Å². The molecular formula is C15H22N2O2. The summed E-state index contributed by atoms with van der Waals surface area (Å²) in [5, 5.41) is 6.17. The van der Waals surface area contributed by atoms with Gasteiger partial charge in [0.2, 0.25) is 5.91 Å². The van der Waals surface area contributed by atoms with E-state index >= 15 is 0 Å². The van der Waals surface area contributed by atoms with Crippen LogP contribution in [-0.2, 0) is 16.1 Å². The van der Waals surface area contributed by atoms with Crippen LogP contribution in [0.15, 0.2) is 30.3 Å². The Morgan fingerprint density at radius 2 is 2.21 bits per heavy atom. The van der Waals surface area contributed by atoms with Crippen molar-refractivity contribution >= 4 is 5.91 Å². The maximum Gasteiger partial charge on any atom is 0.246 e. The third-order valence-electron chi connectivity index (χ3n) is 3.44. The minimum atomic E-state index is -0.206. The molecule has 2 N–H and O–H groups in total. The first-order chi connectivity index (χ1) is 9.18.